The molecule has 1 aromatic heterocycles. The van der Waals surface area contributed by atoms with E-state index < -0.39 is 0 Å². The van der Waals surface area contributed by atoms with Gasteiger partial charge >= 0.3 is 0 Å². The second-order valence-electron chi connectivity index (χ2n) is 4.48. The second kappa shape index (κ2) is 5.56. The van der Waals surface area contributed by atoms with Crippen molar-refractivity contribution in [3.63, 3.8) is 0 Å². The zero-order chi connectivity index (χ0) is 12.3. The van der Waals surface area contributed by atoms with Crippen LogP contribution in [0.1, 0.15) is 29.8 Å². The molecule has 17 heavy (non-hydrogen) atoms. The van der Waals surface area contributed by atoms with Gasteiger partial charge in [0.15, 0.2) is 0 Å². The molecule has 1 unspecified atom stereocenters. The van der Waals surface area contributed by atoms with Crippen molar-refractivity contribution in [2.75, 3.05) is 20.1 Å². The highest BCUT2D eigenvalue weighted by Gasteiger charge is 2.22. The predicted octanol–water partition coefficient (Wildman–Crippen LogP) is 1.88. The van der Waals surface area contributed by atoms with Gasteiger partial charge in [0.05, 0.1) is 5.02 Å². The zero-order valence-corrected chi connectivity index (χ0v) is 10.8. The first kappa shape index (κ1) is 12.5. The van der Waals surface area contributed by atoms with Crippen LogP contribution in [0, 0.1) is 0 Å². The van der Waals surface area contributed by atoms with Gasteiger partial charge in [-0.3, -0.25) is 4.79 Å². The lowest BCUT2D eigenvalue weighted by atomic mass is 10.1. The molecule has 0 saturated carbocycles. The molecule has 0 aromatic carbocycles. The van der Waals surface area contributed by atoms with Crippen LogP contribution < -0.4 is 5.32 Å². The SMILES string of the molecule is CN(C(=O)c1cc(Cl)c[nH]1)C1CCCNCC1. The van der Waals surface area contributed by atoms with Crippen molar-refractivity contribution < 1.29 is 4.79 Å². The van der Waals surface area contributed by atoms with Gasteiger partial charge in [-0.2, -0.15) is 0 Å². The van der Waals surface area contributed by atoms with E-state index in [4.69, 9.17) is 11.6 Å². The van der Waals surface area contributed by atoms with Crippen molar-refractivity contribution in [2.45, 2.75) is 25.3 Å². The Labute approximate surface area is 106 Å². The Bertz CT molecular complexity index is 383. The Morgan fingerprint density at radius 2 is 2.29 bits per heavy atom. The van der Waals surface area contributed by atoms with Gasteiger partial charge < -0.3 is 15.2 Å². The normalized spacial score (nSPS) is 20.9. The molecule has 1 fully saturated rings. The van der Waals surface area contributed by atoms with Gasteiger partial charge in [0, 0.05) is 19.3 Å². The number of nitrogens with one attached hydrogen (secondary N) is 2. The number of rotatable bonds is 2. The fourth-order valence-electron chi connectivity index (χ4n) is 2.24. The van der Waals surface area contributed by atoms with Gasteiger partial charge in [0.2, 0.25) is 0 Å². The third-order valence-corrected chi connectivity index (χ3v) is 3.51. The maximum absolute atomic E-state index is 12.2. The van der Waals surface area contributed by atoms with E-state index >= 15 is 0 Å². The van der Waals surface area contributed by atoms with Crippen molar-refractivity contribution in [1.82, 2.24) is 15.2 Å². The van der Waals surface area contributed by atoms with Crippen molar-refractivity contribution >= 4 is 17.5 Å². The highest BCUT2D eigenvalue weighted by molar-refractivity contribution is 6.30. The minimum atomic E-state index is 0.0174. The Kier molecular flexibility index (Phi) is 4.07. The Morgan fingerprint density at radius 3 is 3.00 bits per heavy atom. The van der Waals surface area contributed by atoms with Crippen LogP contribution in [0.3, 0.4) is 0 Å². The number of H-pyrrole nitrogens is 1. The van der Waals surface area contributed by atoms with Crippen molar-refractivity contribution in [2.24, 2.45) is 0 Å². The lowest BCUT2D eigenvalue weighted by Gasteiger charge is -2.26. The van der Waals surface area contributed by atoms with Crippen LogP contribution in [0.15, 0.2) is 12.3 Å². The third kappa shape index (κ3) is 3.01. The number of halogens is 1. The summed E-state index contributed by atoms with van der Waals surface area (Å²) < 4.78 is 0. The second-order valence-corrected chi connectivity index (χ2v) is 4.92. The molecule has 1 aromatic rings. The van der Waals surface area contributed by atoms with Gasteiger partial charge in [-0.1, -0.05) is 11.6 Å². The van der Waals surface area contributed by atoms with Gasteiger partial charge in [-0.05, 0) is 38.4 Å². The van der Waals surface area contributed by atoms with Crippen molar-refractivity contribution in [3.05, 3.63) is 23.0 Å². The van der Waals surface area contributed by atoms with E-state index in [9.17, 15) is 4.79 Å². The molecule has 1 aliphatic rings. The number of carbonyl (C=O) groups excluding carboxylic acids is 1. The Hall–Kier alpha value is -1.00. The van der Waals surface area contributed by atoms with Crippen LogP contribution in [0.5, 0.6) is 0 Å². The van der Waals surface area contributed by atoms with Crippen molar-refractivity contribution in [3.8, 4) is 0 Å². The molecule has 0 spiro atoms. The van der Waals surface area contributed by atoms with Crippen molar-refractivity contribution in [1.29, 1.82) is 0 Å². The predicted molar refractivity (Wildman–Crippen MR) is 68.4 cm³/mol. The number of aromatic nitrogens is 1. The van der Waals surface area contributed by atoms with E-state index in [1.54, 1.807) is 12.3 Å². The molecule has 1 amide bonds. The molecule has 2 rings (SSSR count). The van der Waals surface area contributed by atoms with E-state index in [0.29, 0.717) is 16.8 Å². The number of amides is 1. The highest BCUT2D eigenvalue weighted by atomic mass is 35.5. The van der Waals surface area contributed by atoms with Crippen LogP contribution >= 0.6 is 11.6 Å². The number of hydrogen-bond donors (Lipinski definition) is 2. The number of nitrogens with zero attached hydrogens (tertiary/aromatic N) is 1. The molecule has 1 aliphatic heterocycles. The maximum Gasteiger partial charge on any atom is 0.270 e. The average Bonchev–Trinajstić information content (AvgIpc) is 2.60. The lowest BCUT2D eigenvalue weighted by molar-refractivity contribution is 0.0715. The number of carbonyl (C=O) groups is 1. The first-order chi connectivity index (χ1) is 8.18. The standard InChI is InChI=1S/C12H18ClN3O/c1-16(10-3-2-5-14-6-4-10)12(17)11-7-9(13)8-15-11/h7-8,10,14-15H,2-6H2,1H3. The fourth-order valence-corrected chi connectivity index (χ4v) is 2.40. The number of aromatic amines is 1. The minimum absolute atomic E-state index is 0.0174. The van der Waals surface area contributed by atoms with E-state index in [-0.39, 0.29) is 5.91 Å². The molecular formula is C12H18ClN3O. The van der Waals surface area contributed by atoms with E-state index in [0.717, 1.165) is 32.4 Å². The largest absolute Gasteiger partial charge is 0.356 e. The quantitative estimate of drug-likeness (QED) is 0.848. The third-order valence-electron chi connectivity index (χ3n) is 3.29. The first-order valence-corrected chi connectivity index (χ1v) is 6.38. The van der Waals surface area contributed by atoms with Crippen LogP contribution in [0.2, 0.25) is 5.02 Å². The summed E-state index contributed by atoms with van der Waals surface area (Å²) in [6.45, 7) is 2.03. The average molecular weight is 256 g/mol. The molecule has 1 atom stereocenters. The van der Waals surface area contributed by atoms with Gasteiger partial charge in [-0.25, -0.2) is 0 Å². The van der Waals surface area contributed by atoms with E-state index in [2.05, 4.69) is 10.3 Å². The monoisotopic (exact) mass is 255 g/mol. The van der Waals surface area contributed by atoms with Gasteiger partial charge in [-0.15, -0.1) is 0 Å². The molecule has 5 heteroatoms. The molecule has 94 valence electrons. The Balaban J connectivity index is 2.03. The Morgan fingerprint density at radius 1 is 1.47 bits per heavy atom. The lowest BCUT2D eigenvalue weighted by Crippen LogP contribution is -2.37. The van der Waals surface area contributed by atoms with E-state index in [1.165, 1.54) is 0 Å². The summed E-state index contributed by atoms with van der Waals surface area (Å²) >= 11 is 5.81. The maximum atomic E-state index is 12.2. The molecule has 4 nitrogen and oxygen atoms in total. The van der Waals surface area contributed by atoms with E-state index in [1.807, 2.05) is 11.9 Å². The molecule has 2 heterocycles. The fraction of sp³-hybridized carbons (Fsp3) is 0.583. The van der Waals surface area contributed by atoms with Gasteiger partial charge in [0.25, 0.3) is 5.91 Å². The number of hydrogen-bond acceptors (Lipinski definition) is 2. The summed E-state index contributed by atoms with van der Waals surface area (Å²) in [6, 6.07) is 1.99. The molecular weight excluding hydrogens is 238 g/mol. The molecule has 0 aliphatic carbocycles. The first-order valence-electron chi connectivity index (χ1n) is 6.00. The van der Waals surface area contributed by atoms with Crippen LogP contribution in [0.4, 0.5) is 0 Å². The van der Waals surface area contributed by atoms with Crippen LogP contribution in [-0.4, -0.2) is 42.0 Å². The summed E-state index contributed by atoms with van der Waals surface area (Å²) in [5, 5.41) is 3.92. The van der Waals surface area contributed by atoms with Gasteiger partial charge in [0.1, 0.15) is 5.69 Å². The molecule has 1 saturated heterocycles. The minimum Gasteiger partial charge on any atom is -0.356 e. The summed E-state index contributed by atoms with van der Waals surface area (Å²) in [5.74, 6) is 0.0174. The molecule has 0 bridgehead atoms. The summed E-state index contributed by atoms with van der Waals surface area (Å²) in [5.41, 5.74) is 0.565. The van der Waals surface area contributed by atoms with Crippen LogP contribution in [-0.2, 0) is 0 Å². The molecule has 2 N–H and O–H groups in total. The summed E-state index contributed by atoms with van der Waals surface area (Å²) in [7, 11) is 1.87. The van der Waals surface area contributed by atoms with Crippen LogP contribution in [0.25, 0.3) is 0 Å². The molecule has 0 radical (unpaired) electrons. The topological polar surface area (TPSA) is 48.1 Å². The summed E-state index contributed by atoms with van der Waals surface area (Å²) in [6.07, 6.45) is 4.82. The summed E-state index contributed by atoms with van der Waals surface area (Å²) in [4.78, 5) is 16.9. The highest BCUT2D eigenvalue weighted by Crippen LogP contribution is 2.16. The smallest absolute Gasteiger partial charge is 0.270 e. The zero-order valence-electron chi connectivity index (χ0n) is 10.0.